The summed E-state index contributed by atoms with van der Waals surface area (Å²) in [6, 6.07) is 15.8. The number of amides is 2. The van der Waals surface area contributed by atoms with Crippen molar-refractivity contribution in [3.8, 4) is 0 Å². The second kappa shape index (κ2) is 13.7. The molecule has 0 aliphatic carbocycles. The molecule has 0 aromatic heterocycles. The van der Waals surface area contributed by atoms with E-state index in [9.17, 15) is 9.59 Å². The highest BCUT2D eigenvalue weighted by atomic mass is 16.2. The minimum absolute atomic E-state index is 0.134. The van der Waals surface area contributed by atoms with E-state index in [0.29, 0.717) is 25.7 Å². The van der Waals surface area contributed by atoms with Crippen LogP contribution >= 0.6 is 0 Å². The van der Waals surface area contributed by atoms with Crippen LogP contribution in [0.5, 0.6) is 0 Å². The third kappa shape index (κ3) is 9.99. The molecule has 2 N–H and O–H groups in total. The monoisotopic (exact) mass is 450 g/mol. The van der Waals surface area contributed by atoms with Gasteiger partial charge in [0, 0.05) is 52.4 Å². The van der Waals surface area contributed by atoms with Crippen LogP contribution in [0.15, 0.2) is 58.7 Å². The first-order valence-electron chi connectivity index (χ1n) is 11.0. The number of hydrogen-bond acceptors (Lipinski definition) is 6. The van der Waals surface area contributed by atoms with Crippen LogP contribution in [0.3, 0.4) is 0 Å². The van der Waals surface area contributed by atoms with Crippen molar-refractivity contribution in [2.45, 2.75) is 32.1 Å². The minimum atomic E-state index is -0.134. The maximum Gasteiger partial charge on any atom is 0.240 e. The first-order chi connectivity index (χ1) is 15.8. The summed E-state index contributed by atoms with van der Waals surface area (Å²) in [6.45, 7) is 0. The summed E-state index contributed by atoms with van der Waals surface area (Å²) in [5, 5.41) is 7.99. The Bertz CT molecular complexity index is 857. The van der Waals surface area contributed by atoms with Gasteiger partial charge in [-0.05, 0) is 48.2 Å². The first-order valence-corrected chi connectivity index (χ1v) is 11.0. The average molecular weight is 451 g/mol. The number of nitrogens with zero attached hydrogens (tertiary/aromatic N) is 4. The molecule has 8 heteroatoms. The molecule has 2 aromatic carbocycles. The largest absolute Gasteiger partial charge is 0.378 e. The van der Waals surface area contributed by atoms with Crippen LogP contribution in [0.4, 0.5) is 11.4 Å². The number of hydrazone groups is 2. The Labute approximate surface area is 196 Å². The summed E-state index contributed by atoms with van der Waals surface area (Å²) < 4.78 is 0. The normalized spacial score (nSPS) is 11.0. The lowest BCUT2D eigenvalue weighted by Crippen LogP contribution is -2.18. The zero-order valence-electron chi connectivity index (χ0n) is 19.9. The third-order valence-corrected chi connectivity index (χ3v) is 4.93. The number of hydrogen-bond donors (Lipinski definition) is 2. The summed E-state index contributed by atoms with van der Waals surface area (Å²) in [5.41, 5.74) is 9.12. The Hall–Kier alpha value is -3.68. The lowest BCUT2D eigenvalue weighted by atomic mass is 10.1. The van der Waals surface area contributed by atoms with Gasteiger partial charge in [-0.2, -0.15) is 10.2 Å². The summed E-state index contributed by atoms with van der Waals surface area (Å²) in [5.74, 6) is -0.268. The van der Waals surface area contributed by atoms with E-state index in [1.807, 2.05) is 86.5 Å². The number of nitrogens with one attached hydrogen (secondary N) is 2. The van der Waals surface area contributed by atoms with Crippen LogP contribution in [0.2, 0.25) is 0 Å². The topological polar surface area (TPSA) is 89.4 Å². The van der Waals surface area contributed by atoms with E-state index in [1.165, 1.54) is 0 Å². The van der Waals surface area contributed by atoms with Gasteiger partial charge in [0.05, 0.1) is 12.4 Å². The summed E-state index contributed by atoms with van der Waals surface area (Å²) >= 11 is 0. The van der Waals surface area contributed by atoms with Crippen LogP contribution < -0.4 is 20.7 Å². The summed E-state index contributed by atoms with van der Waals surface area (Å²) in [4.78, 5) is 27.8. The molecule has 2 amide bonds. The van der Waals surface area contributed by atoms with Gasteiger partial charge in [0.15, 0.2) is 0 Å². The van der Waals surface area contributed by atoms with Crippen molar-refractivity contribution in [2.24, 2.45) is 10.2 Å². The molecule has 0 heterocycles. The molecule has 2 rings (SSSR count). The highest BCUT2D eigenvalue weighted by Gasteiger charge is 2.03. The molecule has 0 bridgehead atoms. The third-order valence-electron chi connectivity index (χ3n) is 4.93. The summed E-state index contributed by atoms with van der Waals surface area (Å²) in [7, 11) is 7.93. The van der Waals surface area contributed by atoms with E-state index in [2.05, 4.69) is 21.1 Å². The molecule has 0 spiro atoms. The second-order valence-corrected chi connectivity index (χ2v) is 8.12. The Kier molecular flexibility index (Phi) is 10.6. The van der Waals surface area contributed by atoms with E-state index >= 15 is 0 Å². The SMILES string of the molecule is CN(C)c1ccc(C=NNC(=O)CCCCCC(=O)NN=Cc2ccc(N(C)C)cc2)cc1. The van der Waals surface area contributed by atoms with Crippen LogP contribution in [0.1, 0.15) is 43.2 Å². The number of benzene rings is 2. The average Bonchev–Trinajstić information content (AvgIpc) is 2.79. The Balaban J connectivity index is 1.56. The van der Waals surface area contributed by atoms with Crippen molar-refractivity contribution in [1.82, 2.24) is 10.9 Å². The molecule has 0 unspecified atom stereocenters. The van der Waals surface area contributed by atoms with Crippen LogP contribution in [-0.2, 0) is 9.59 Å². The first kappa shape index (κ1) is 25.6. The number of rotatable bonds is 12. The quantitative estimate of drug-likeness (QED) is 0.295. The lowest BCUT2D eigenvalue weighted by Gasteiger charge is -2.11. The smallest absolute Gasteiger partial charge is 0.240 e. The standard InChI is InChI=1S/C25H34N6O2/c1-30(2)22-14-10-20(11-15-22)18-26-28-24(32)8-6-5-7-9-25(33)29-27-19-21-12-16-23(17-13-21)31(3)4/h10-19H,5-9H2,1-4H3,(H,28,32)(H,29,33). The highest BCUT2D eigenvalue weighted by molar-refractivity contribution is 5.83. The van der Waals surface area contributed by atoms with Gasteiger partial charge < -0.3 is 9.80 Å². The molecule has 0 saturated heterocycles. The Morgan fingerprint density at radius 1 is 0.667 bits per heavy atom. The van der Waals surface area contributed by atoms with Crippen molar-refractivity contribution in [3.63, 3.8) is 0 Å². The Morgan fingerprint density at radius 3 is 1.36 bits per heavy atom. The van der Waals surface area contributed by atoms with Crippen molar-refractivity contribution >= 4 is 35.6 Å². The maximum atomic E-state index is 11.9. The maximum absolute atomic E-state index is 11.9. The summed E-state index contributed by atoms with van der Waals surface area (Å²) in [6.07, 6.45) is 6.18. The van der Waals surface area contributed by atoms with Gasteiger partial charge in [0.25, 0.3) is 0 Å². The van der Waals surface area contributed by atoms with Crippen molar-refractivity contribution in [2.75, 3.05) is 38.0 Å². The number of carbonyl (C=O) groups is 2. The van der Waals surface area contributed by atoms with Gasteiger partial charge in [0.2, 0.25) is 11.8 Å². The molecule has 0 fully saturated rings. The number of carbonyl (C=O) groups excluding carboxylic acids is 2. The minimum Gasteiger partial charge on any atom is -0.378 e. The van der Waals surface area contributed by atoms with Crippen LogP contribution in [0.25, 0.3) is 0 Å². The molecule has 0 saturated carbocycles. The molecule has 0 aliphatic rings. The Morgan fingerprint density at radius 2 is 1.03 bits per heavy atom. The fraction of sp³-hybridized carbons (Fsp3) is 0.360. The van der Waals surface area contributed by atoms with E-state index in [-0.39, 0.29) is 11.8 Å². The van der Waals surface area contributed by atoms with Gasteiger partial charge in [0.1, 0.15) is 0 Å². The van der Waals surface area contributed by atoms with E-state index in [0.717, 1.165) is 28.9 Å². The van der Waals surface area contributed by atoms with Crippen molar-refractivity contribution in [1.29, 1.82) is 0 Å². The van der Waals surface area contributed by atoms with Gasteiger partial charge in [-0.3, -0.25) is 9.59 Å². The van der Waals surface area contributed by atoms with Gasteiger partial charge in [-0.15, -0.1) is 0 Å². The molecular weight excluding hydrogens is 416 g/mol. The van der Waals surface area contributed by atoms with Gasteiger partial charge >= 0.3 is 0 Å². The van der Waals surface area contributed by atoms with Crippen LogP contribution in [0, 0.1) is 0 Å². The number of anilines is 2. The fourth-order valence-electron chi connectivity index (χ4n) is 2.93. The van der Waals surface area contributed by atoms with Crippen molar-refractivity contribution in [3.05, 3.63) is 59.7 Å². The number of unbranched alkanes of at least 4 members (excludes halogenated alkanes) is 2. The van der Waals surface area contributed by atoms with E-state index < -0.39 is 0 Å². The van der Waals surface area contributed by atoms with Gasteiger partial charge in [-0.1, -0.05) is 30.7 Å². The lowest BCUT2D eigenvalue weighted by molar-refractivity contribution is -0.121. The highest BCUT2D eigenvalue weighted by Crippen LogP contribution is 2.11. The molecule has 176 valence electrons. The molecule has 33 heavy (non-hydrogen) atoms. The van der Waals surface area contributed by atoms with Gasteiger partial charge in [-0.25, -0.2) is 10.9 Å². The molecule has 8 nitrogen and oxygen atoms in total. The second-order valence-electron chi connectivity index (χ2n) is 8.12. The predicted molar refractivity (Wildman–Crippen MR) is 136 cm³/mol. The molecule has 0 atom stereocenters. The molecule has 0 aliphatic heterocycles. The molecule has 0 radical (unpaired) electrons. The fourth-order valence-corrected chi connectivity index (χ4v) is 2.93. The molecule has 2 aromatic rings. The predicted octanol–water partition coefficient (Wildman–Crippen LogP) is 3.37. The van der Waals surface area contributed by atoms with E-state index in [4.69, 9.17) is 0 Å². The zero-order valence-corrected chi connectivity index (χ0v) is 19.9. The van der Waals surface area contributed by atoms with Crippen molar-refractivity contribution < 1.29 is 9.59 Å². The van der Waals surface area contributed by atoms with Crippen LogP contribution in [-0.4, -0.2) is 52.4 Å². The van der Waals surface area contributed by atoms with E-state index in [1.54, 1.807) is 12.4 Å². The zero-order chi connectivity index (χ0) is 24.1. The molecular formula is C25H34N6O2.